The van der Waals surface area contributed by atoms with Crippen LogP contribution >= 0.6 is 11.6 Å². The predicted octanol–water partition coefficient (Wildman–Crippen LogP) is 4.83. The first-order valence-corrected chi connectivity index (χ1v) is 13.7. The van der Waals surface area contributed by atoms with Gasteiger partial charge in [0.2, 0.25) is 0 Å². The zero-order valence-corrected chi connectivity index (χ0v) is 21.5. The van der Waals surface area contributed by atoms with Crippen LogP contribution in [0.1, 0.15) is 47.7 Å². The van der Waals surface area contributed by atoms with E-state index in [2.05, 4.69) is 16.7 Å². The number of nitrogens with zero attached hydrogens (tertiary/aromatic N) is 2. The van der Waals surface area contributed by atoms with Gasteiger partial charge in [-0.3, -0.25) is 0 Å². The average Bonchev–Trinajstić information content (AvgIpc) is 2.93. The lowest BCUT2D eigenvalue weighted by molar-refractivity contribution is 0.0600. The predicted molar refractivity (Wildman–Crippen MR) is 133 cm³/mol. The smallest absolute Gasteiger partial charge is 0.337 e. The molecule has 2 heterocycles. The Morgan fingerprint density at radius 3 is 2.56 bits per heavy atom. The van der Waals surface area contributed by atoms with E-state index in [9.17, 15) is 13.2 Å². The van der Waals surface area contributed by atoms with Crippen LogP contribution in [0.15, 0.2) is 29.2 Å². The maximum absolute atomic E-state index is 13.4. The molecule has 0 atom stereocenters. The van der Waals surface area contributed by atoms with Gasteiger partial charge in [0.25, 0.3) is 0 Å². The summed E-state index contributed by atoms with van der Waals surface area (Å²) in [6.45, 7) is 8.60. The van der Waals surface area contributed by atoms with Gasteiger partial charge in [0.15, 0.2) is 9.84 Å². The molecule has 0 unspecified atom stereocenters. The van der Waals surface area contributed by atoms with Gasteiger partial charge in [0.05, 0.1) is 23.4 Å². The van der Waals surface area contributed by atoms with E-state index in [0.717, 1.165) is 38.4 Å². The lowest BCUT2D eigenvalue weighted by Gasteiger charge is -2.31. The third-order valence-corrected chi connectivity index (χ3v) is 8.48. The van der Waals surface area contributed by atoms with Crippen LogP contribution in [-0.4, -0.2) is 59.1 Å². The number of aryl methyl sites for hydroxylation is 1. The van der Waals surface area contributed by atoms with Crippen molar-refractivity contribution in [1.82, 2.24) is 4.90 Å². The van der Waals surface area contributed by atoms with Crippen LogP contribution in [0, 0.1) is 6.92 Å². The molecule has 2 aromatic rings. The van der Waals surface area contributed by atoms with Crippen LogP contribution in [0.2, 0.25) is 5.02 Å². The molecule has 1 fully saturated rings. The Balaban J connectivity index is 1.67. The molecule has 0 amide bonds. The van der Waals surface area contributed by atoms with Crippen molar-refractivity contribution in [2.24, 2.45) is 0 Å². The summed E-state index contributed by atoms with van der Waals surface area (Å²) in [5, 5.41) is 0.364. The van der Waals surface area contributed by atoms with E-state index < -0.39 is 15.8 Å². The molecular formula is C25H31ClN2O5S. The number of ether oxygens (including phenoxy) is 2. The lowest BCUT2D eigenvalue weighted by Crippen LogP contribution is -2.38. The van der Waals surface area contributed by atoms with Gasteiger partial charge >= 0.3 is 5.97 Å². The number of esters is 1. The molecule has 2 aliphatic heterocycles. The Morgan fingerprint density at radius 2 is 1.88 bits per heavy atom. The van der Waals surface area contributed by atoms with Gasteiger partial charge in [-0.2, -0.15) is 0 Å². The highest BCUT2D eigenvalue weighted by Gasteiger charge is 2.31. The van der Waals surface area contributed by atoms with Gasteiger partial charge in [-0.05, 0) is 69.6 Å². The molecule has 34 heavy (non-hydrogen) atoms. The third kappa shape index (κ3) is 5.04. The minimum absolute atomic E-state index is 0.0286. The fraction of sp³-hybridized carbons (Fsp3) is 0.480. The summed E-state index contributed by atoms with van der Waals surface area (Å²) in [5.74, 6) is -0.334. The maximum Gasteiger partial charge on any atom is 0.337 e. The second-order valence-corrected chi connectivity index (χ2v) is 11.2. The number of likely N-dealkylation sites (N-methyl/N-ethyl adjacent to an activating group) is 1. The van der Waals surface area contributed by atoms with E-state index in [1.807, 2.05) is 12.1 Å². The number of sulfone groups is 1. The number of rotatable bonds is 6. The minimum Gasteiger partial charge on any atom is -0.465 e. The summed E-state index contributed by atoms with van der Waals surface area (Å²) in [6, 6.07) is 6.59. The first kappa shape index (κ1) is 24.8. The molecule has 0 bridgehead atoms. The quantitative estimate of drug-likeness (QED) is 0.519. The number of halogens is 1. The molecule has 7 nitrogen and oxygen atoms in total. The van der Waals surface area contributed by atoms with Gasteiger partial charge in [0.1, 0.15) is 16.4 Å². The molecule has 0 aliphatic carbocycles. The number of hydrogen-bond acceptors (Lipinski definition) is 7. The van der Waals surface area contributed by atoms with Crippen LogP contribution in [-0.2, 0) is 20.3 Å². The number of fused-ring (bicyclic) bond motifs is 2. The average molecular weight is 507 g/mol. The Hall–Kier alpha value is -2.29. The number of piperidine rings is 1. The van der Waals surface area contributed by atoms with E-state index >= 15 is 0 Å². The van der Waals surface area contributed by atoms with Crippen molar-refractivity contribution >= 4 is 33.1 Å². The molecule has 0 N–H and O–H groups in total. The van der Waals surface area contributed by atoms with E-state index in [1.54, 1.807) is 13.0 Å². The summed E-state index contributed by atoms with van der Waals surface area (Å²) >= 11 is 6.65. The zero-order chi connectivity index (χ0) is 24.5. The van der Waals surface area contributed by atoms with Gasteiger partial charge in [-0.15, -0.1) is 0 Å². The van der Waals surface area contributed by atoms with Gasteiger partial charge in [-0.1, -0.05) is 18.0 Å². The number of likely N-dealkylation sites (tertiary alicyclic amines) is 1. The van der Waals surface area contributed by atoms with Crippen molar-refractivity contribution < 1.29 is 22.7 Å². The van der Waals surface area contributed by atoms with E-state index in [1.165, 1.54) is 32.4 Å². The minimum atomic E-state index is -3.79. The second-order valence-electron chi connectivity index (χ2n) is 8.87. The van der Waals surface area contributed by atoms with Crippen LogP contribution in [0.4, 0.5) is 5.69 Å². The van der Waals surface area contributed by atoms with E-state index in [0.29, 0.717) is 21.9 Å². The number of hydrogen-bond donors (Lipinski definition) is 0. The molecule has 2 aliphatic rings. The number of methoxy groups -OCH3 is 1. The number of carbonyl (C=O) groups excluding carboxylic acids is 1. The Morgan fingerprint density at radius 1 is 1.15 bits per heavy atom. The van der Waals surface area contributed by atoms with Crippen molar-refractivity contribution in [2.45, 2.75) is 43.8 Å². The fourth-order valence-corrected chi connectivity index (χ4v) is 6.52. The maximum atomic E-state index is 13.4. The normalized spacial score (nSPS) is 17.2. The monoisotopic (exact) mass is 506 g/mol. The summed E-state index contributed by atoms with van der Waals surface area (Å²) in [5.41, 5.74) is 2.07. The van der Waals surface area contributed by atoms with Crippen LogP contribution < -0.4 is 9.64 Å². The summed E-state index contributed by atoms with van der Waals surface area (Å²) in [4.78, 5) is 16.7. The molecule has 4 rings (SSSR count). The lowest BCUT2D eigenvalue weighted by atomic mass is 10.1. The molecule has 0 radical (unpaired) electrons. The van der Waals surface area contributed by atoms with Crippen molar-refractivity contribution in [3.05, 3.63) is 46.0 Å². The summed E-state index contributed by atoms with van der Waals surface area (Å²) in [6.07, 6.45) is 3.78. The fourth-order valence-electron chi connectivity index (χ4n) is 4.68. The highest BCUT2D eigenvalue weighted by molar-refractivity contribution is 7.90. The molecule has 0 saturated carbocycles. The standard InChI is InChI=1S/C25H31ClN2O5S/c1-4-28(11-10-27-8-6-5-7-9-27)20-13-19-16-34(30,31)22-14-18(25(29)32-3)12-17(2)23(22)33-24(19)21(26)15-20/h12-15H,4-11,16H2,1-3H3. The van der Waals surface area contributed by atoms with Crippen molar-refractivity contribution in [2.75, 3.05) is 44.7 Å². The SMILES string of the molecule is CCN(CCN1CCCCC1)c1cc(Cl)c2c(c1)CS(=O)(=O)c1cc(C(=O)OC)cc(C)c1O2. The molecular weight excluding hydrogens is 476 g/mol. The topological polar surface area (TPSA) is 76.2 Å². The number of benzene rings is 2. The van der Waals surface area contributed by atoms with Crippen LogP contribution in [0.3, 0.4) is 0 Å². The highest BCUT2D eigenvalue weighted by atomic mass is 35.5. The number of carbonyl (C=O) groups is 1. The first-order chi connectivity index (χ1) is 16.2. The van der Waals surface area contributed by atoms with E-state index in [4.69, 9.17) is 21.1 Å². The van der Waals surface area contributed by atoms with Crippen molar-refractivity contribution in [1.29, 1.82) is 0 Å². The van der Waals surface area contributed by atoms with Crippen LogP contribution in [0.25, 0.3) is 0 Å². The van der Waals surface area contributed by atoms with Gasteiger partial charge in [0, 0.05) is 30.9 Å². The van der Waals surface area contributed by atoms with Crippen molar-refractivity contribution in [3.8, 4) is 11.5 Å². The van der Waals surface area contributed by atoms with Crippen LogP contribution in [0.5, 0.6) is 11.5 Å². The Labute approximate surface area is 206 Å². The third-order valence-electron chi connectivity index (χ3n) is 6.53. The molecule has 184 valence electrons. The summed E-state index contributed by atoms with van der Waals surface area (Å²) < 4.78 is 37.6. The highest BCUT2D eigenvalue weighted by Crippen LogP contribution is 2.45. The first-order valence-electron chi connectivity index (χ1n) is 11.7. The molecule has 9 heteroatoms. The molecule has 1 saturated heterocycles. The molecule has 2 aromatic carbocycles. The second kappa shape index (κ2) is 10.1. The Bertz CT molecular complexity index is 1190. The zero-order valence-electron chi connectivity index (χ0n) is 19.9. The molecule has 0 aromatic heterocycles. The largest absolute Gasteiger partial charge is 0.465 e. The van der Waals surface area contributed by atoms with Gasteiger partial charge in [-0.25, -0.2) is 13.2 Å². The summed E-state index contributed by atoms with van der Waals surface area (Å²) in [7, 11) is -2.53. The van der Waals surface area contributed by atoms with E-state index in [-0.39, 0.29) is 22.0 Å². The van der Waals surface area contributed by atoms with Crippen molar-refractivity contribution in [3.63, 3.8) is 0 Å². The Kier molecular flexibility index (Phi) is 7.40. The van der Waals surface area contributed by atoms with Gasteiger partial charge < -0.3 is 19.3 Å². The number of anilines is 1. The molecule has 0 spiro atoms.